The van der Waals surface area contributed by atoms with Crippen molar-refractivity contribution >= 4 is 10.0 Å². The minimum Gasteiger partial charge on any atom is -0.255 e. The molecule has 7 heteroatoms. The van der Waals surface area contributed by atoms with Crippen LogP contribution in [0.25, 0.3) is 0 Å². The first-order valence-corrected chi connectivity index (χ1v) is 7.63. The van der Waals surface area contributed by atoms with Gasteiger partial charge in [-0.05, 0) is 37.1 Å². The Balaban J connectivity index is 2.27. The summed E-state index contributed by atoms with van der Waals surface area (Å²) in [5, 5.41) is 7.70. The van der Waals surface area contributed by atoms with Gasteiger partial charge in [-0.15, -0.1) is 5.10 Å². The maximum atomic E-state index is 12.5. The van der Waals surface area contributed by atoms with Crippen LogP contribution in [-0.2, 0) is 23.6 Å². The lowest BCUT2D eigenvalue weighted by Gasteiger charge is -2.16. The molecule has 0 spiro atoms. The van der Waals surface area contributed by atoms with Gasteiger partial charge >= 0.3 is 0 Å². The molecule has 0 fully saturated rings. The van der Waals surface area contributed by atoms with Crippen molar-refractivity contribution in [2.75, 3.05) is 7.05 Å². The van der Waals surface area contributed by atoms with Crippen LogP contribution in [0.15, 0.2) is 29.3 Å². The molecule has 108 valence electrons. The predicted octanol–water partition coefficient (Wildman–Crippen LogP) is 1.25. The number of nitrogens with zero attached hydrogens (tertiary/aromatic N) is 4. The summed E-state index contributed by atoms with van der Waals surface area (Å²) >= 11 is 0. The molecule has 0 aliphatic rings. The van der Waals surface area contributed by atoms with Crippen LogP contribution in [-0.4, -0.2) is 34.8 Å². The Morgan fingerprint density at radius 1 is 1.25 bits per heavy atom. The van der Waals surface area contributed by atoms with Crippen LogP contribution in [0.5, 0.6) is 0 Å². The Hall–Kier alpha value is -1.73. The van der Waals surface area contributed by atoms with Gasteiger partial charge in [-0.2, -0.15) is 4.31 Å². The Morgan fingerprint density at radius 3 is 2.50 bits per heavy atom. The number of benzene rings is 1. The number of hydrogen-bond donors (Lipinski definition) is 0. The van der Waals surface area contributed by atoms with E-state index in [1.165, 1.54) is 4.31 Å². The standard InChI is InChI=1S/C13H18N4O2S/c1-10-5-6-13(7-11(10)2)20(18,19)17(4)9-12-8-16(3)15-14-12/h5-8H,9H2,1-4H3. The second-order valence-corrected chi connectivity index (χ2v) is 6.94. The van der Waals surface area contributed by atoms with Crippen LogP contribution >= 0.6 is 0 Å². The lowest BCUT2D eigenvalue weighted by Crippen LogP contribution is -2.26. The number of sulfonamides is 1. The minimum absolute atomic E-state index is 0.198. The number of aryl methyl sites for hydroxylation is 3. The normalized spacial score (nSPS) is 12.1. The van der Waals surface area contributed by atoms with Crippen molar-refractivity contribution in [2.45, 2.75) is 25.3 Å². The van der Waals surface area contributed by atoms with Crippen molar-refractivity contribution in [3.05, 3.63) is 41.2 Å². The molecule has 2 rings (SSSR count). The summed E-state index contributed by atoms with van der Waals surface area (Å²) in [6.07, 6.45) is 1.70. The van der Waals surface area contributed by atoms with E-state index >= 15 is 0 Å². The van der Waals surface area contributed by atoms with Gasteiger partial charge in [0.25, 0.3) is 0 Å². The molecular formula is C13H18N4O2S. The Kier molecular flexibility index (Phi) is 3.92. The molecule has 0 aliphatic carbocycles. The van der Waals surface area contributed by atoms with Gasteiger partial charge in [-0.3, -0.25) is 4.68 Å². The Morgan fingerprint density at radius 2 is 1.95 bits per heavy atom. The molecule has 1 heterocycles. The monoisotopic (exact) mass is 294 g/mol. The van der Waals surface area contributed by atoms with Gasteiger partial charge in [0, 0.05) is 20.3 Å². The fraction of sp³-hybridized carbons (Fsp3) is 0.385. The lowest BCUT2D eigenvalue weighted by molar-refractivity contribution is 0.462. The number of hydrogen-bond acceptors (Lipinski definition) is 4. The fourth-order valence-corrected chi connectivity index (χ4v) is 3.06. The van der Waals surface area contributed by atoms with E-state index in [1.54, 1.807) is 37.1 Å². The highest BCUT2D eigenvalue weighted by molar-refractivity contribution is 7.89. The molecule has 1 aromatic heterocycles. The number of rotatable bonds is 4. The van der Waals surface area contributed by atoms with E-state index < -0.39 is 10.0 Å². The minimum atomic E-state index is -3.51. The molecule has 0 N–H and O–H groups in total. The lowest BCUT2D eigenvalue weighted by atomic mass is 10.1. The number of aromatic nitrogens is 3. The van der Waals surface area contributed by atoms with E-state index in [0.29, 0.717) is 10.6 Å². The summed E-state index contributed by atoms with van der Waals surface area (Å²) in [7, 11) is -0.226. The van der Waals surface area contributed by atoms with Crippen LogP contribution in [0, 0.1) is 13.8 Å². The fourth-order valence-electron chi connectivity index (χ4n) is 1.84. The van der Waals surface area contributed by atoms with Gasteiger partial charge in [0.15, 0.2) is 0 Å². The van der Waals surface area contributed by atoms with Gasteiger partial charge in [0.05, 0.1) is 17.1 Å². The van der Waals surface area contributed by atoms with Crippen molar-refractivity contribution in [3.8, 4) is 0 Å². The van der Waals surface area contributed by atoms with Crippen LogP contribution in [0.2, 0.25) is 0 Å². The van der Waals surface area contributed by atoms with Gasteiger partial charge in [0.1, 0.15) is 0 Å². The Labute approximate surface area is 119 Å². The first-order chi connectivity index (χ1) is 9.30. The largest absolute Gasteiger partial charge is 0.255 e. The van der Waals surface area contributed by atoms with Gasteiger partial charge in [0.2, 0.25) is 10.0 Å². The zero-order chi connectivity index (χ0) is 14.9. The van der Waals surface area contributed by atoms with Crippen molar-refractivity contribution in [1.29, 1.82) is 0 Å². The summed E-state index contributed by atoms with van der Waals surface area (Å²) in [6, 6.07) is 5.14. The third-order valence-corrected chi connectivity index (χ3v) is 5.02. The van der Waals surface area contributed by atoms with E-state index in [4.69, 9.17) is 0 Å². The molecular weight excluding hydrogens is 276 g/mol. The molecule has 0 bridgehead atoms. The van der Waals surface area contributed by atoms with E-state index in [2.05, 4.69) is 10.3 Å². The van der Waals surface area contributed by atoms with Crippen LogP contribution < -0.4 is 0 Å². The zero-order valence-corrected chi connectivity index (χ0v) is 12.8. The summed E-state index contributed by atoms with van der Waals surface area (Å²) in [5.74, 6) is 0. The maximum absolute atomic E-state index is 12.5. The molecule has 0 atom stereocenters. The average molecular weight is 294 g/mol. The molecule has 1 aromatic carbocycles. The van der Waals surface area contributed by atoms with E-state index in [0.717, 1.165) is 11.1 Å². The van der Waals surface area contributed by atoms with Crippen LogP contribution in [0.1, 0.15) is 16.8 Å². The van der Waals surface area contributed by atoms with Crippen LogP contribution in [0.3, 0.4) is 0 Å². The maximum Gasteiger partial charge on any atom is 0.243 e. The molecule has 0 aliphatic heterocycles. The summed E-state index contributed by atoms with van der Waals surface area (Å²) in [5.41, 5.74) is 2.64. The highest BCUT2D eigenvalue weighted by Gasteiger charge is 2.22. The smallest absolute Gasteiger partial charge is 0.243 e. The van der Waals surface area contributed by atoms with E-state index in [9.17, 15) is 8.42 Å². The Bertz CT molecular complexity index is 722. The third-order valence-electron chi connectivity index (χ3n) is 3.22. The van der Waals surface area contributed by atoms with Gasteiger partial charge in [-0.1, -0.05) is 11.3 Å². The third kappa shape index (κ3) is 2.88. The van der Waals surface area contributed by atoms with E-state index in [-0.39, 0.29) is 6.54 Å². The molecule has 0 saturated carbocycles. The van der Waals surface area contributed by atoms with Crippen molar-refractivity contribution in [2.24, 2.45) is 7.05 Å². The van der Waals surface area contributed by atoms with Gasteiger partial charge < -0.3 is 0 Å². The quantitative estimate of drug-likeness (QED) is 0.851. The molecule has 0 saturated heterocycles. The predicted molar refractivity (Wildman–Crippen MR) is 75.6 cm³/mol. The molecule has 2 aromatic rings. The molecule has 6 nitrogen and oxygen atoms in total. The average Bonchev–Trinajstić information content (AvgIpc) is 2.78. The molecule has 0 unspecified atom stereocenters. The van der Waals surface area contributed by atoms with Crippen molar-refractivity contribution in [1.82, 2.24) is 19.3 Å². The summed E-state index contributed by atoms with van der Waals surface area (Å²) < 4.78 is 27.8. The SMILES string of the molecule is Cc1ccc(S(=O)(=O)N(C)Cc2cn(C)nn2)cc1C. The highest BCUT2D eigenvalue weighted by atomic mass is 32.2. The highest BCUT2D eigenvalue weighted by Crippen LogP contribution is 2.19. The molecule has 0 radical (unpaired) electrons. The summed E-state index contributed by atoms with van der Waals surface area (Å²) in [6.45, 7) is 4.05. The van der Waals surface area contributed by atoms with Gasteiger partial charge in [-0.25, -0.2) is 8.42 Å². The zero-order valence-electron chi connectivity index (χ0n) is 12.0. The first kappa shape index (κ1) is 14.7. The van der Waals surface area contributed by atoms with E-state index in [1.807, 2.05) is 19.9 Å². The van der Waals surface area contributed by atoms with Crippen molar-refractivity contribution < 1.29 is 8.42 Å². The van der Waals surface area contributed by atoms with Crippen LogP contribution in [0.4, 0.5) is 0 Å². The van der Waals surface area contributed by atoms with Crippen molar-refractivity contribution in [3.63, 3.8) is 0 Å². The topological polar surface area (TPSA) is 68.1 Å². The second-order valence-electron chi connectivity index (χ2n) is 4.89. The molecule has 0 amide bonds. The summed E-state index contributed by atoms with van der Waals surface area (Å²) in [4.78, 5) is 0.298. The first-order valence-electron chi connectivity index (χ1n) is 6.19. The second kappa shape index (κ2) is 5.34. The molecule has 20 heavy (non-hydrogen) atoms.